The van der Waals surface area contributed by atoms with Crippen molar-refractivity contribution in [2.45, 2.75) is 51.2 Å². The van der Waals surface area contributed by atoms with Crippen LogP contribution in [0.15, 0.2) is 24.3 Å². The van der Waals surface area contributed by atoms with Crippen molar-refractivity contribution in [1.82, 2.24) is 4.90 Å². The molecule has 1 aromatic rings. The summed E-state index contributed by atoms with van der Waals surface area (Å²) in [7, 11) is 1.92. The summed E-state index contributed by atoms with van der Waals surface area (Å²) in [6.45, 7) is 4.51. The van der Waals surface area contributed by atoms with Crippen LogP contribution in [0.2, 0.25) is 0 Å². The fraction of sp³-hybridized carbons (Fsp3) is 0.588. The number of nitrogens with zero attached hydrogens (tertiary/aromatic N) is 1. The van der Waals surface area contributed by atoms with Gasteiger partial charge in [0.25, 0.3) is 0 Å². The highest BCUT2D eigenvalue weighted by atomic mass is 16.3. The number of hydrogen-bond acceptors (Lipinski definition) is 3. The van der Waals surface area contributed by atoms with Gasteiger partial charge in [0.15, 0.2) is 5.78 Å². The number of carbonyl (C=O) groups excluding carboxylic acids is 1. The van der Waals surface area contributed by atoms with Crippen molar-refractivity contribution in [3.05, 3.63) is 35.4 Å². The molecule has 1 unspecified atom stereocenters. The normalized spacial score (nSPS) is 19.2. The second kappa shape index (κ2) is 6.06. The molecule has 1 aromatic carbocycles. The van der Waals surface area contributed by atoms with Gasteiger partial charge in [-0.1, -0.05) is 42.7 Å². The van der Waals surface area contributed by atoms with Crippen molar-refractivity contribution in [3.63, 3.8) is 0 Å². The Morgan fingerprint density at radius 1 is 1.30 bits per heavy atom. The number of hydrogen-bond donors (Lipinski definition) is 1. The maximum absolute atomic E-state index is 12.5. The maximum atomic E-state index is 12.5. The zero-order valence-corrected chi connectivity index (χ0v) is 12.7. The van der Waals surface area contributed by atoms with Crippen molar-refractivity contribution in [2.75, 3.05) is 13.6 Å². The van der Waals surface area contributed by atoms with E-state index in [4.69, 9.17) is 0 Å². The number of Topliss-reactive ketones (excluding diaryl/α,β-unsaturated/α-hetero) is 1. The van der Waals surface area contributed by atoms with E-state index < -0.39 is 5.60 Å². The molecule has 0 saturated heterocycles. The molecule has 3 heteroatoms. The van der Waals surface area contributed by atoms with Gasteiger partial charge in [-0.15, -0.1) is 0 Å². The zero-order chi connectivity index (χ0) is 14.8. The third-order valence-electron chi connectivity index (χ3n) is 4.45. The van der Waals surface area contributed by atoms with Gasteiger partial charge < -0.3 is 5.11 Å². The Morgan fingerprint density at radius 2 is 1.85 bits per heavy atom. The van der Waals surface area contributed by atoms with Crippen LogP contribution < -0.4 is 0 Å². The summed E-state index contributed by atoms with van der Waals surface area (Å²) in [4.78, 5) is 14.4. The maximum Gasteiger partial charge on any atom is 0.179 e. The average Bonchev–Trinajstić information content (AvgIpc) is 2.84. The molecule has 0 aromatic heterocycles. The number of aryl methyl sites for hydroxylation is 1. The van der Waals surface area contributed by atoms with Crippen molar-refractivity contribution < 1.29 is 9.90 Å². The first-order chi connectivity index (χ1) is 9.41. The molecular weight excluding hydrogens is 250 g/mol. The Bertz CT molecular complexity index is 460. The fourth-order valence-electron chi connectivity index (χ4n) is 2.95. The summed E-state index contributed by atoms with van der Waals surface area (Å²) in [6.07, 6.45) is 3.88. The summed E-state index contributed by atoms with van der Waals surface area (Å²) in [5, 5.41) is 10.4. The van der Waals surface area contributed by atoms with Gasteiger partial charge in [0, 0.05) is 12.1 Å². The molecule has 0 radical (unpaired) electrons. The molecule has 0 amide bonds. The van der Waals surface area contributed by atoms with Crippen LogP contribution >= 0.6 is 0 Å². The number of ketones is 1. The quantitative estimate of drug-likeness (QED) is 0.840. The van der Waals surface area contributed by atoms with Gasteiger partial charge in [0.2, 0.25) is 0 Å². The van der Waals surface area contributed by atoms with E-state index >= 15 is 0 Å². The first-order valence-corrected chi connectivity index (χ1v) is 7.45. The molecular formula is C17H25NO2. The van der Waals surface area contributed by atoms with E-state index in [0.29, 0.717) is 6.54 Å². The van der Waals surface area contributed by atoms with Gasteiger partial charge in [0.1, 0.15) is 0 Å². The van der Waals surface area contributed by atoms with E-state index in [1.165, 1.54) is 0 Å². The van der Waals surface area contributed by atoms with Crippen LogP contribution in [0.25, 0.3) is 0 Å². The first-order valence-electron chi connectivity index (χ1n) is 7.45. The summed E-state index contributed by atoms with van der Waals surface area (Å²) < 4.78 is 0. The van der Waals surface area contributed by atoms with Gasteiger partial charge in [-0.05, 0) is 33.7 Å². The van der Waals surface area contributed by atoms with E-state index in [9.17, 15) is 9.90 Å². The summed E-state index contributed by atoms with van der Waals surface area (Å²) in [5.74, 6) is 0.120. The Labute approximate surface area is 121 Å². The smallest absolute Gasteiger partial charge is 0.179 e. The Morgan fingerprint density at radius 3 is 2.40 bits per heavy atom. The molecule has 1 aliphatic rings. The number of rotatable bonds is 5. The predicted molar refractivity (Wildman–Crippen MR) is 81.0 cm³/mol. The van der Waals surface area contributed by atoms with Crippen molar-refractivity contribution in [1.29, 1.82) is 0 Å². The van der Waals surface area contributed by atoms with Gasteiger partial charge in [-0.25, -0.2) is 0 Å². The Balaban J connectivity index is 2.00. The lowest BCUT2D eigenvalue weighted by atomic mass is 9.99. The topological polar surface area (TPSA) is 40.5 Å². The minimum Gasteiger partial charge on any atom is -0.389 e. The lowest BCUT2D eigenvalue weighted by molar-refractivity contribution is 0.00856. The van der Waals surface area contributed by atoms with E-state index in [2.05, 4.69) is 0 Å². The van der Waals surface area contributed by atoms with Crippen molar-refractivity contribution in [2.24, 2.45) is 0 Å². The molecule has 1 atom stereocenters. The molecule has 2 rings (SSSR count). The number of carbonyl (C=O) groups is 1. The largest absolute Gasteiger partial charge is 0.389 e. The van der Waals surface area contributed by atoms with Gasteiger partial charge >= 0.3 is 0 Å². The molecule has 0 spiro atoms. The lowest BCUT2D eigenvalue weighted by Gasteiger charge is -2.32. The third kappa shape index (κ3) is 3.47. The van der Waals surface area contributed by atoms with Gasteiger partial charge in [-0.2, -0.15) is 0 Å². The van der Waals surface area contributed by atoms with Crippen LogP contribution in [-0.4, -0.2) is 41.0 Å². The van der Waals surface area contributed by atoms with E-state index in [-0.39, 0.29) is 11.8 Å². The highest BCUT2D eigenvalue weighted by Crippen LogP contribution is 2.30. The van der Waals surface area contributed by atoms with E-state index in [0.717, 1.165) is 36.8 Å². The van der Waals surface area contributed by atoms with Crippen LogP contribution in [0.3, 0.4) is 0 Å². The number of benzene rings is 1. The second-order valence-corrected chi connectivity index (χ2v) is 6.25. The van der Waals surface area contributed by atoms with Crippen LogP contribution in [0.5, 0.6) is 0 Å². The first kappa shape index (κ1) is 15.2. The zero-order valence-electron chi connectivity index (χ0n) is 12.7. The minimum atomic E-state index is -0.601. The van der Waals surface area contributed by atoms with Gasteiger partial charge in [0.05, 0.1) is 11.6 Å². The molecule has 0 aliphatic heterocycles. The predicted octanol–water partition coefficient (Wildman–Crippen LogP) is 2.80. The molecule has 20 heavy (non-hydrogen) atoms. The molecule has 3 nitrogen and oxygen atoms in total. The molecule has 1 aliphatic carbocycles. The second-order valence-electron chi connectivity index (χ2n) is 6.25. The lowest BCUT2D eigenvalue weighted by Crippen LogP contribution is -2.45. The van der Waals surface area contributed by atoms with Crippen molar-refractivity contribution in [3.8, 4) is 0 Å². The Hall–Kier alpha value is -1.19. The SMILES string of the molecule is Cc1ccc(C(=O)C(C)N(C)CC2(O)CCCC2)cc1. The highest BCUT2D eigenvalue weighted by molar-refractivity contribution is 5.99. The fourth-order valence-corrected chi connectivity index (χ4v) is 2.95. The van der Waals surface area contributed by atoms with E-state index in [1.54, 1.807) is 0 Å². The minimum absolute atomic E-state index is 0.120. The van der Waals surface area contributed by atoms with E-state index in [1.807, 2.05) is 50.1 Å². The molecule has 1 N–H and O–H groups in total. The Kier molecular flexibility index (Phi) is 4.61. The molecule has 1 fully saturated rings. The number of aliphatic hydroxyl groups is 1. The van der Waals surface area contributed by atoms with Crippen LogP contribution in [-0.2, 0) is 0 Å². The van der Waals surface area contributed by atoms with Crippen LogP contribution in [0.1, 0.15) is 48.5 Å². The summed E-state index contributed by atoms with van der Waals surface area (Å²) >= 11 is 0. The van der Waals surface area contributed by atoms with Crippen LogP contribution in [0, 0.1) is 6.92 Å². The highest BCUT2D eigenvalue weighted by Gasteiger charge is 2.34. The van der Waals surface area contributed by atoms with Crippen molar-refractivity contribution >= 4 is 5.78 Å². The monoisotopic (exact) mass is 275 g/mol. The summed E-state index contributed by atoms with van der Waals surface area (Å²) in [6, 6.07) is 7.48. The molecule has 1 saturated carbocycles. The number of likely N-dealkylation sites (N-methyl/N-ethyl adjacent to an activating group) is 1. The average molecular weight is 275 g/mol. The summed E-state index contributed by atoms with van der Waals surface area (Å²) in [5.41, 5.74) is 1.30. The third-order valence-corrected chi connectivity index (χ3v) is 4.45. The molecule has 0 bridgehead atoms. The standard InChI is InChI=1S/C17H25NO2/c1-13-6-8-15(9-7-13)16(19)14(2)18(3)12-17(20)10-4-5-11-17/h6-9,14,20H,4-5,10-12H2,1-3H3. The molecule has 0 heterocycles. The van der Waals surface area contributed by atoms with Gasteiger partial charge in [-0.3, -0.25) is 9.69 Å². The molecule has 110 valence electrons. The van der Waals surface area contributed by atoms with Crippen LogP contribution in [0.4, 0.5) is 0 Å².